The minimum Gasteiger partial charge on any atom is -0.508 e. The number of anilines is 1. The second-order valence-corrected chi connectivity index (χ2v) is 4.42. The molecule has 112 valence electrons. The Labute approximate surface area is 124 Å². The molecule has 5 heteroatoms. The predicted molar refractivity (Wildman–Crippen MR) is 81.5 cm³/mol. The number of aromatic hydroxyl groups is 1. The van der Waals surface area contributed by atoms with Crippen molar-refractivity contribution in [3.05, 3.63) is 42.0 Å². The van der Waals surface area contributed by atoms with Crippen LogP contribution in [0.15, 0.2) is 36.4 Å². The molecule has 0 unspecified atom stereocenters. The van der Waals surface area contributed by atoms with Crippen molar-refractivity contribution in [1.29, 1.82) is 0 Å². The van der Waals surface area contributed by atoms with Gasteiger partial charge < -0.3 is 24.6 Å². The molecule has 0 aliphatic heterocycles. The molecule has 0 atom stereocenters. The number of hydrogen-bond acceptors (Lipinski definition) is 5. The molecule has 2 aromatic rings. The van der Waals surface area contributed by atoms with E-state index in [0.29, 0.717) is 23.8 Å². The third kappa shape index (κ3) is 3.51. The van der Waals surface area contributed by atoms with Gasteiger partial charge in [-0.3, -0.25) is 0 Å². The highest BCUT2D eigenvalue weighted by Gasteiger charge is 2.06. The van der Waals surface area contributed by atoms with Crippen LogP contribution in [0.1, 0.15) is 5.56 Å². The maximum Gasteiger partial charge on any atom is 0.162 e. The zero-order valence-electron chi connectivity index (χ0n) is 12.3. The normalized spacial score (nSPS) is 10.0. The highest BCUT2D eigenvalue weighted by atomic mass is 16.5. The van der Waals surface area contributed by atoms with E-state index < -0.39 is 0 Å². The smallest absolute Gasteiger partial charge is 0.162 e. The zero-order chi connectivity index (χ0) is 15.2. The van der Waals surface area contributed by atoms with Crippen LogP contribution in [0.25, 0.3) is 0 Å². The molecule has 0 radical (unpaired) electrons. The lowest BCUT2D eigenvalue weighted by Gasteiger charge is -2.12. The number of hydrogen-bond donors (Lipinski definition) is 2. The summed E-state index contributed by atoms with van der Waals surface area (Å²) in [5, 5.41) is 13.1. The molecular formula is C16H19NO4. The fraction of sp³-hybridized carbons (Fsp3) is 0.250. The molecule has 21 heavy (non-hydrogen) atoms. The van der Waals surface area contributed by atoms with Gasteiger partial charge in [-0.15, -0.1) is 0 Å². The Balaban J connectivity index is 2.13. The number of ether oxygens (including phenoxy) is 3. The Hall–Kier alpha value is -2.56. The van der Waals surface area contributed by atoms with Gasteiger partial charge in [0.2, 0.25) is 0 Å². The van der Waals surface area contributed by atoms with E-state index in [0.717, 1.165) is 11.3 Å². The Morgan fingerprint density at radius 1 is 0.905 bits per heavy atom. The lowest BCUT2D eigenvalue weighted by atomic mass is 10.2. The van der Waals surface area contributed by atoms with E-state index in [1.165, 1.54) is 0 Å². The standard InChI is InChI=1S/C16H19NO4/c1-19-13-5-6-14(18)11(8-13)10-17-12-4-7-15(20-2)16(9-12)21-3/h4-9,17-18H,10H2,1-3H3. The van der Waals surface area contributed by atoms with Gasteiger partial charge in [-0.25, -0.2) is 0 Å². The predicted octanol–water partition coefficient (Wildman–Crippen LogP) is 3.03. The molecule has 0 aromatic heterocycles. The molecule has 5 nitrogen and oxygen atoms in total. The largest absolute Gasteiger partial charge is 0.508 e. The summed E-state index contributed by atoms with van der Waals surface area (Å²) in [5.74, 6) is 2.25. The van der Waals surface area contributed by atoms with Gasteiger partial charge in [0.05, 0.1) is 21.3 Å². The molecule has 0 bridgehead atoms. The summed E-state index contributed by atoms with van der Waals surface area (Å²) in [6, 6.07) is 10.7. The van der Waals surface area contributed by atoms with E-state index >= 15 is 0 Å². The number of nitrogens with one attached hydrogen (secondary N) is 1. The van der Waals surface area contributed by atoms with E-state index in [4.69, 9.17) is 14.2 Å². The molecule has 2 rings (SSSR count). The average Bonchev–Trinajstić information content (AvgIpc) is 2.53. The van der Waals surface area contributed by atoms with Crippen LogP contribution >= 0.6 is 0 Å². The number of phenolic OH excluding ortho intramolecular Hbond substituents is 1. The highest BCUT2D eigenvalue weighted by Crippen LogP contribution is 2.30. The van der Waals surface area contributed by atoms with Gasteiger partial charge in [0.25, 0.3) is 0 Å². The lowest BCUT2D eigenvalue weighted by molar-refractivity contribution is 0.355. The van der Waals surface area contributed by atoms with E-state index in [2.05, 4.69) is 5.32 Å². The average molecular weight is 289 g/mol. The first-order chi connectivity index (χ1) is 10.2. The zero-order valence-corrected chi connectivity index (χ0v) is 12.3. The minimum absolute atomic E-state index is 0.226. The van der Waals surface area contributed by atoms with Crippen LogP contribution in [0.4, 0.5) is 5.69 Å². The van der Waals surface area contributed by atoms with Crippen molar-refractivity contribution in [2.24, 2.45) is 0 Å². The van der Waals surface area contributed by atoms with Crippen LogP contribution in [0.5, 0.6) is 23.0 Å². The third-order valence-corrected chi connectivity index (χ3v) is 3.15. The summed E-state index contributed by atoms with van der Waals surface area (Å²) < 4.78 is 15.6. The van der Waals surface area contributed by atoms with Crippen LogP contribution in [0.2, 0.25) is 0 Å². The Bertz CT molecular complexity index is 613. The van der Waals surface area contributed by atoms with Crippen molar-refractivity contribution in [3.8, 4) is 23.0 Å². The summed E-state index contributed by atoms with van der Waals surface area (Å²) in [6.45, 7) is 0.471. The van der Waals surface area contributed by atoms with Gasteiger partial charge in [-0.1, -0.05) is 0 Å². The second-order valence-electron chi connectivity index (χ2n) is 4.42. The summed E-state index contributed by atoms with van der Waals surface area (Å²) in [7, 11) is 4.78. The van der Waals surface area contributed by atoms with E-state index in [9.17, 15) is 5.11 Å². The molecule has 2 aromatic carbocycles. The number of rotatable bonds is 6. The topological polar surface area (TPSA) is 60.0 Å². The lowest BCUT2D eigenvalue weighted by Crippen LogP contribution is -2.01. The van der Waals surface area contributed by atoms with Crippen molar-refractivity contribution < 1.29 is 19.3 Å². The molecule has 0 saturated heterocycles. The van der Waals surface area contributed by atoms with Crippen molar-refractivity contribution >= 4 is 5.69 Å². The number of benzene rings is 2. The Morgan fingerprint density at radius 3 is 2.33 bits per heavy atom. The molecule has 0 aliphatic carbocycles. The molecule has 2 N–H and O–H groups in total. The van der Waals surface area contributed by atoms with Crippen LogP contribution in [0, 0.1) is 0 Å². The fourth-order valence-corrected chi connectivity index (χ4v) is 1.97. The third-order valence-electron chi connectivity index (χ3n) is 3.15. The van der Waals surface area contributed by atoms with E-state index in [1.807, 2.05) is 18.2 Å². The van der Waals surface area contributed by atoms with Crippen LogP contribution in [-0.4, -0.2) is 26.4 Å². The van der Waals surface area contributed by atoms with E-state index in [1.54, 1.807) is 39.5 Å². The minimum atomic E-state index is 0.226. The summed E-state index contributed by atoms with van der Waals surface area (Å²) in [6.07, 6.45) is 0. The maximum atomic E-state index is 9.85. The van der Waals surface area contributed by atoms with Gasteiger partial charge in [0.1, 0.15) is 11.5 Å². The van der Waals surface area contributed by atoms with Crippen molar-refractivity contribution in [2.45, 2.75) is 6.54 Å². The SMILES string of the molecule is COc1ccc(O)c(CNc2ccc(OC)c(OC)c2)c1. The fourth-order valence-electron chi connectivity index (χ4n) is 1.97. The number of methoxy groups -OCH3 is 3. The van der Waals surface area contributed by atoms with Crippen LogP contribution in [-0.2, 0) is 6.54 Å². The summed E-state index contributed by atoms with van der Waals surface area (Å²) >= 11 is 0. The van der Waals surface area contributed by atoms with Gasteiger partial charge in [0, 0.05) is 23.9 Å². The maximum absolute atomic E-state index is 9.85. The van der Waals surface area contributed by atoms with E-state index in [-0.39, 0.29) is 5.75 Å². The molecular weight excluding hydrogens is 270 g/mol. The first-order valence-electron chi connectivity index (χ1n) is 6.49. The Morgan fingerprint density at radius 2 is 1.67 bits per heavy atom. The van der Waals surface area contributed by atoms with Gasteiger partial charge in [-0.2, -0.15) is 0 Å². The summed E-state index contributed by atoms with van der Waals surface area (Å²) in [5.41, 5.74) is 1.62. The first kappa shape index (κ1) is 14.8. The first-order valence-corrected chi connectivity index (χ1v) is 6.49. The van der Waals surface area contributed by atoms with Gasteiger partial charge in [-0.05, 0) is 30.3 Å². The molecule has 0 amide bonds. The van der Waals surface area contributed by atoms with Gasteiger partial charge >= 0.3 is 0 Å². The second kappa shape index (κ2) is 6.74. The quantitative estimate of drug-likeness (QED) is 0.856. The van der Waals surface area contributed by atoms with Crippen molar-refractivity contribution in [1.82, 2.24) is 0 Å². The van der Waals surface area contributed by atoms with Crippen molar-refractivity contribution in [2.75, 3.05) is 26.6 Å². The molecule has 0 fully saturated rings. The highest BCUT2D eigenvalue weighted by molar-refractivity contribution is 5.55. The van der Waals surface area contributed by atoms with Crippen LogP contribution < -0.4 is 19.5 Å². The molecule has 0 saturated carbocycles. The number of phenols is 1. The monoisotopic (exact) mass is 289 g/mol. The molecule has 0 heterocycles. The van der Waals surface area contributed by atoms with Crippen molar-refractivity contribution in [3.63, 3.8) is 0 Å². The molecule has 0 aliphatic rings. The van der Waals surface area contributed by atoms with Crippen LogP contribution in [0.3, 0.4) is 0 Å². The summed E-state index contributed by atoms with van der Waals surface area (Å²) in [4.78, 5) is 0. The molecule has 0 spiro atoms. The Kier molecular flexibility index (Phi) is 4.77. The van der Waals surface area contributed by atoms with Gasteiger partial charge in [0.15, 0.2) is 11.5 Å².